The molecule has 7 nitrogen and oxygen atoms in total. The van der Waals surface area contributed by atoms with Crippen LogP contribution in [0, 0.1) is 34.6 Å². The number of benzene rings is 2. The van der Waals surface area contributed by atoms with Gasteiger partial charge in [-0.05, 0) is 63.4 Å². The topological polar surface area (TPSA) is 82.2 Å². The molecule has 1 N–H and O–H groups in total. The molecule has 0 bridgehead atoms. The predicted octanol–water partition coefficient (Wildman–Crippen LogP) is 5.29. The minimum absolute atomic E-state index is 0.182. The lowest BCUT2D eigenvalue weighted by atomic mass is 10.1. The first kappa shape index (κ1) is 22.3. The molecule has 0 spiro atoms. The van der Waals surface area contributed by atoms with Crippen LogP contribution in [0.15, 0.2) is 53.1 Å². The fourth-order valence-electron chi connectivity index (χ4n) is 3.59. The number of ether oxygens (including phenoxy) is 1. The maximum absolute atomic E-state index is 12.9. The second kappa shape index (κ2) is 9.32. The molecule has 0 atom stereocenters. The van der Waals surface area contributed by atoms with Crippen LogP contribution in [0.4, 0.5) is 5.82 Å². The Bertz CT molecular complexity index is 1300. The van der Waals surface area contributed by atoms with E-state index in [1.165, 1.54) is 11.1 Å². The highest BCUT2D eigenvalue weighted by atomic mass is 16.5. The zero-order valence-corrected chi connectivity index (χ0v) is 19.6. The summed E-state index contributed by atoms with van der Waals surface area (Å²) in [6, 6.07) is 16.0. The number of rotatable bonds is 7. The largest absolute Gasteiger partial charge is 0.489 e. The summed E-state index contributed by atoms with van der Waals surface area (Å²) in [4.78, 5) is 12.9. The summed E-state index contributed by atoms with van der Waals surface area (Å²) in [5.41, 5.74) is 6.44. The number of aromatic nitrogens is 3. The third-order valence-corrected chi connectivity index (χ3v) is 5.70. The van der Waals surface area contributed by atoms with Gasteiger partial charge >= 0.3 is 0 Å². The van der Waals surface area contributed by atoms with Gasteiger partial charge in [0.1, 0.15) is 18.1 Å². The molecule has 0 aliphatic heterocycles. The van der Waals surface area contributed by atoms with Crippen molar-refractivity contribution in [3.05, 3.63) is 93.5 Å². The van der Waals surface area contributed by atoms with E-state index in [0.717, 1.165) is 22.6 Å². The Morgan fingerprint density at radius 1 is 1.03 bits per heavy atom. The first-order valence-electron chi connectivity index (χ1n) is 10.9. The summed E-state index contributed by atoms with van der Waals surface area (Å²) < 4.78 is 13.1. The van der Waals surface area contributed by atoms with Crippen molar-refractivity contribution in [2.24, 2.45) is 0 Å². The Morgan fingerprint density at radius 2 is 1.85 bits per heavy atom. The number of nitrogens with zero attached hydrogens (tertiary/aromatic N) is 3. The van der Waals surface area contributed by atoms with Gasteiger partial charge in [-0.15, -0.1) is 0 Å². The Hall–Kier alpha value is -3.87. The first-order chi connectivity index (χ1) is 15.8. The zero-order valence-electron chi connectivity index (χ0n) is 19.6. The molecule has 0 radical (unpaired) electrons. The Morgan fingerprint density at radius 3 is 2.61 bits per heavy atom. The summed E-state index contributed by atoms with van der Waals surface area (Å²) in [5.74, 6) is 1.36. The van der Waals surface area contributed by atoms with E-state index in [4.69, 9.17) is 9.26 Å². The van der Waals surface area contributed by atoms with Crippen LogP contribution in [-0.2, 0) is 13.2 Å². The maximum atomic E-state index is 12.9. The number of carbonyl (C=O) groups excluding carboxylic acids is 1. The highest BCUT2D eigenvalue weighted by Crippen LogP contribution is 2.21. The third-order valence-electron chi connectivity index (χ3n) is 5.70. The second-order valence-electron chi connectivity index (χ2n) is 8.37. The van der Waals surface area contributed by atoms with Crippen molar-refractivity contribution >= 4 is 11.7 Å². The van der Waals surface area contributed by atoms with Gasteiger partial charge in [-0.1, -0.05) is 41.1 Å². The van der Waals surface area contributed by atoms with Gasteiger partial charge in [0.25, 0.3) is 5.91 Å². The number of hydrogen-bond acceptors (Lipinski definition) is 5. The molecule has 170 valence electrons. The lowest BCUT2D eigenvalue weighted by Crippen LogP contribution is -2.16. The summed E-state index contributed by atoms with van der Waals surface area (Å²) in [6.45, 7) is 10.7. The van der Waals surface area contributed by atoms with E-state index in [2.05, 4.69) is 47.6 Å². The number of nitrogens with one attached hydrogen (secondary N) is 1. The monoisotopic (exact) mass is 444 g/mol. The third kappa shape index (κ3) is 5.14. The van der Waals surface area contributed by atoms with Crippen molar-refractivity contribution in [2.75, 3.05) is 5.32 Å². The molecule has 0 aliphatic carbocycles. The number of amides is 1. The van der Waals surface area contributed by atoms with Crippen molar-refractivity contribution in [2.45, 2.75) is 47.8 Å². The smallest absolute Gasteiger partial charge is 0.279 e. The average molecular weight is 445 g/mol. The zero-order chi connectivity index (χ0) is 23.5. The molecule has 4 rings (SSSR count). The van der Waals surface area contributed by atoms with Gasteiger partial charge in [0, 0.05) is 11.8 Å². The Kier molecular flexibility index (Phi) is 6.31. The summed E-state index contributed by atoms with van der Waals surface area (Å²) in [5, 5.41) is 11.3. The minimum Gasteiger partial charge on any atom is -0.489 e. The number of anilines is 1. The molecule has 7 heteroatoms. The lowest BCUT2D eigenvalue weighted by Gasteiger charge is -2.08. The van der Waals surface area contributed by atoms with Crippen LogP contribution >= 0.6 is 0 Å². The van der Waals surface area contributed by atoms with Gasteiger partial charge in [0.05, 0.1) is 12.1 Å². The van der Waals surface area contributed by atoms with Crippen molar-refractivity contribution in [3.63, 3.8) is 0 Å². The van der Waals surface area contributed by atoms with Gasteiger partial charge in [0.2, 0.25) is 0 Å². The first-order valence-corrected chi connectivity index (χ1v) is 10.9. The molecular formula is C26H28N4O3. The van der Waals surface area contributed by atoms with E-state index in [1.54, 1.807) is 6.92 Å². The van der Waals surface area contributed by atoms with Gasteiger partial charge < -0.3 is 14.6 Å². The Labute approximate surface area is 193 Å². The van der Waals surface area contributed by atoms with Crippen molar-refractivity contribution in [1.82, 2.24) is 14.9 Å². The fraction of sp³-hybridized carbons (Fsp3) is 0.269. The standard InChI is InChI=1S/C26H28N4O3/c1-16-7-6-8-21(11-16)14-30-19(4)13-24(28-30)27-26(31)25-23(20(5)33-29-25)15-32-22-10-9-17(2)18(3)12-22/h6-13H,14-15H2,1-5H3,(H,27,28,31). The van der Waals surface area contributed by atoms with Crippen LogP contribution < -0.4 is 10.1 Å². The molecule has 0 fully saturated rings. The fourth-order valence-corrected chi connectivity index (χ4v) is 3.59. The Balaban J connectivity index is 1.46. The van der Waals surface area contributed by atoms with Crippen LogP contribution in [0.1, 0.15) is 49.8 Å². The summed E-state index contributed by atoms with van der Waals surface area (Å²) in [6.07, 6.45) is 0. The summed E-state index contributed by atoms with van der Waals surface area (Å²) >= 11 is 0. The van der Waals surface area contributed by atoms with Crippen LogP contribution in [-0.4, -0.2) is 20.8 Å². The molecular weight excluding hydrogens is 416 g/mol. The van der Waals surface area contributed by atoms with E-state index in [-0.39, 0.29) is 18.2 Å². The minimum atomic E-state index is -0.384. The average Bonchev–Trinajstić information content (AvgIpc) is 3.30. The SMILES string of the molecule is Cc1cccc(Cn2nc(NC(=O)c3noc(C)c3COc3ccc(C)c(C)c3)cc2C)c1. The van der Waals surface area contributed by atoms with Gasteiger partial charge in [-0.25, -0.2) is 0 Å². The van der Waals surface area contributed by atoms with E-state index in [0.29, 0.717) is 23.7 Å². The van der Waals surface area contributed by atoms with Crippen LogP contribution in [0.2, 0.25) is 0 Å². The molecule has 0 saturated carbocycles. The van der Waals surface area contributed by atoms with E-state index in [9.17, 15) is 4.79 Å². The van der Waals surface area contributed by atoms with E-state index < -0.39 is 0 Å². The molecule has 0 unspecified atom stereocenters. The number of hydrogen-bond donors (Lipinski definition) is 1. The van der Waals surface area contributed by atoms with Gasteiger partial charge in [-0.2, -0.15) is 5.10 Å². The molecule has 0 aliphatic rings. The van der Waals surface area contributed by atoms with E-state index in [1.807, 2.05) is 48.9 Å². The highest BCUT2D eigenvalue weighted by molar-refractivity contribution is 6.03. The molecule has 33 heavy (non-hydrogen) atoms. The normalized spacial score (nSPS) is 10.9. The molecule has 2 heterocycles. The highest BCUT2D eigenvalue weighted by Gasteiger charge is 2.21. The van der Waals surface area contributed by atoms with Gasteiger partial charge in [-0.3, -0.25) is 9.48 Å². The molecule has 1 amide bonds. The lowest BCUT2D eigenvalue weighted by molar-refractivity contribution is 0.101. The van der Waals surface area contributed by atoms with E-state index >= 15 is 0 Å². The second-order valence-corrected chi connectivity index (χ2v) is 8.37. The molecule has 0 saturated heterocycles. The van der Waals surface area contributed by atoms with Crippen molar-refractivity contribution in [1.29, 1.82) is 0 Å². The predicted molar refractivity (Wildman–Crippen MR) is 127 cm³/mol. The van der Waals surface area contributed by atoms with Crippen LogP contribution in [0.25, 0.3) is 0 Å². The quantitative estimate of drug-likeness (QED) is 0.419. The van der Waals surface area contributed by atoms with Crippen molar-refractivity contribution < 1.29 is 14.1 Å². The van der Waals surface area contributed by atoms with Crippen LogP contribution in [0.3, 0.4) is 0 Å². The number of aryl methyl sites for hydroxylation is 5. The number of carbonyl (C=O) groups is 1. The van der Waals surface area contributed by atoms with Gasteiger partial charge in [0.15, 0.2) is 11.5 Å². The van der Waals surface area contributed by atoms with Crippen LogP contribution in [0.5, 0.6) is 5.75 Å². The summed E-state index contributed by atoms with van der Waals surface area (Å²) in [7, 11) is 0. The maximum Gasteiger partial charge on any atom is 0.279 e. The molecule has 2 aromatic carbocycles. The molecule has 4 aromatic rings. The molecule has 2 aromatic heterocycles. The van der Waals surface area contributed by atoms with Crippen molar-refractivity contribution in [3.8, 4) is 5.75 Å².